The number of rotatable bonds is 4. The van der Waals surface area contributed by atoms with Gasteiger partial charge in [0.1, 0.15) is 0 Å². The predicted molar refractivity (Wildman–Crippen MR) is 75.7 cm³/mol. The maximum absolute atomic E-state index is 10.5. The topological polar surface area (TPSA) is 52.6 Å². The van der Waals surface area contributed by atoms with E-state index in [1.807, 2.05) is 60.7 Å². The van der Waals surface area contributed by atoms with Gasteiger partial charge in [0, 0.05) is 0 Å². The summed E-state index contributed by atoms with van der Waals surface area (Å²) in [6.07, 6.45) is 0. The Labute approximate surface area is 156 Å². The van der Waals surface area contributed by atoms with Gasteiger partial charge >= 0.3 is 158 Å². The van der Waals surface area contributed by atoms with Gasteiger partial charge in [-0.25, -0.2) is 0 Å². The van der Waals surface area contributed by atoms with Crippen molar-refractivity contribution in [1.82, 2.24) is 0 Å². The molecule has 0 aliphatic carbocycles. The molecule has 22 heavy (non-hydrogen) atoms. The van der Waals surface area contributed by atoms with Crippen molar-refractivity contribution < 1.29 is 64.9 Å². The molecule has 0 aliphatic rings. The standard InChI is InChI=1S/2C6H5.2C2H4O2.2Hg/c2*1-2-4-6-5-3-1;2*1-2(3)4;;/h2*1-5H;2*1H3,(H,3,4);;/q;;;;2*+1/p-2. The molecule has 6 heteroatoms. The van der Waals surface area contributed by atoms with Crippen LogP contribution in [0, 0.1) is 0 Å². The third kappa shape index (κ3) is 10.1. The van der Waals surface area contributed by atoms with Gasteiger partial charge in [-0.1, -0.05) is 0 Å². The second-order valence-corrected chi connectivity index (χ2v) is 15.4. The fraction of sp³-hybridized carbons (Fsp3) is 0.125. The number of carbonyl (C=O) groups excluding carboxylic acids is 2. The Balaban J connectivity index is 0.000000220. The molecule has 0 aliphatic heterocycles. The van der Waals surface area contributed by atoms with Crippen molar-refractivity contribution in [3.05, 3.63) is 60.7 Å². The molecule has 0 atom stereocenters. The summed E-state index contributed by atoms with van der Waals surface area (Å²) in [5, 5.41) is 0. The van der Waals surface area contributed by atoms with Gasteiger partial charge in [-0.3, -0.25) is 0 Å². The molecule has 108 valence electrons. The first-order valence-corrected chi connectivity index (χ1v) is 16.9. The molecule has 0 fully saturated rings. The summed E-state index contributed by atoms with van der Waals surface area (Å²) < 4.78 is 12.5. The van der Waals surface area contributed by atoms with Crippen molar-refractivity contribution in [1.29, 1.82) is 0 Å². The van der Waals surface area contributed by atoms with Crippen LogP contribution < -0.4 is 6.14 Å². The Bertz CT molecular complexity index is 520. The van der Waals surface area contributed by atoms with Gasteiger partial charge in [0.25, 0.3) is 0 Å². The summed E-state index contributed by atoms with van der Waals surface area (Å²) in [5.74, 6) is -0.286. The Morgan fingerprint density at radius 2 is 1.00 bits per heavy atom. The number of hydrogen-bond acceptors (Lipinski definition) is 4. The maximum atomic E-state index is 10.5. The second-order valence-electron chi connectivity index (χ2n) is 4.53. The molecular formula is C16H16Hg2O4. The van der Waals surface area contributed by atoms with E-state index in [4.69, 9.17) is 5.29 Å². The van der Waals surface area contributed by atoms with Gasteiger partial charge in [-0.05, 0) is 0 Å². The van der Waals surface area contributed by atoms with Crippen LogP contribution in [0.1, 0.15) is 13.8 Å². The molecule has 2 rings (SSSR count). The van der Waals surface area contributed by atoms with Crippen LogP contribution in [0.25, 0.3) is 0 Å². The first kappa shape index (κ1) is 19.3. The Kier molecular flexibility index (Phi) is 10.3. The van der Waals surface area contributed by atoms with E-state index in [0.29, 0.717) is 0 Å². The van der Waals surface area contributed by atoms with Gasteiger partial charge in [-0.2, -0.15) is 0 Å². The summed E-state index contributed by atoms with van der Waals surface area (Å²) in [6, 6.07) is 19.9. The first-order valence-electron chi connectivity index (χ1n) is 6.92. The third-order valence-electron chi connectivity index (χ3n) is 2.57. The van der Waals surface area contributed by atoms with Crippen LogP contribution in [-0.4, -0.2) is 11.9 Å². The first-order chi connectivity index (χ1) is 10.6. The molecule has 0 saturated carbocycles. The van der Waals surface area contributed by atoms with Gasteiger partial charge in [-0.15, -0.1) is 0 Å². The fourth-order valence-electron chi connectivity index (χ4n) is 1.52. The zero-order valence-corrected chi connectivity index (χ0v) is 23.8. The zero-order chi connectivity index (χ0) is 16.2. The van der Waals surface area contributed by atoms with Crippen LogP contribution in [0.15, 0.2) is 60.7 Å². The average molecular weight is 673 g/mol. The molecule has 4 nitrogen and oxygen atoms in total. The van der Waals surface area contributed by atoms with Crippen LogP contribution >= 0.6 is 0 Å². The van der Waals surface area contributed by atoms with Crippen LogP contribution in [0.4, 0.5) is 0 Å². The van der Waals surface area contributed by atoms with Crippen molar-refractivity contribution in [2.75, 3.05) is 0 Å². The number of benzene rings is 2. The van der Waals surface area contributed by atoms with E-state index < -0.39 is 50.1 Å². The van der Waals surface area contributed by atoms with Crippen LogP contribution in [0.2, 0.25) is 0 Å². The van der Waals surface area contributed by atoms with Gasteiger partial charge < -0.3 is 0 Å². The molecule has 0 heterocycles. The summed E-state index contributed by atoms with van der Waals surface area (Å²) >= 11 is -3.03. The quantitative estimate of drug-likeness (QED) is 0.465. The minimum absolute atomic E-state index is 0.143. The third-order valence-corrected chi connectivity index (χ3v) is 13.1. The number of carbonyl (C=O) groups is 2. The molecule has 0 aromatic heterocycles. The molecule has 0 saturated heterocycles. The van der Waals surface area contributed by atoms with E-state index >= 15 is 0 Å². The van der Waals surface area contributed by atoms with E-state index in [1.165, 1.54) is 20.0 Å². The predicted octanol–water partition coefficient (Wildman–Crippen LogP) is 1.75. The molecule has 2 aromatic carbocycles. The zero-order valence-electron chi connectivity index (χ0n) is 12.8. The number of hydrogen-bond donors (Lipinski definition) is 0. The molecule has 2 aromatic rings. The second kappa shape index (κ2) is 11.8. The normalized spacial score (nSPS) is 8.45. The van der Waals surface area contributed by atoms with Crippen LogP contribution in [0.5, 0.6) is 0 Å². The van der Waals surface area contributed by atoms with Gasteiger partial charge in [0.05, 0.1) is 0 Å². The molecule has 0 bridgehead atoms. The summed E-state index contributed by atoms with van der Waals surface area (Å²) in [5.41, 5.74) is 0. The molecule has 0 radical (unpaired) electrons. The molecule has 0 spiro atoms. The Hall–Kier alpha value is -0.750. The fourth-order valence-corrected chi connectivity index (χ4v) is 8.01. The Morgan fingerprint density at radius 3 is 1.27 bits per heavy atom. The van der Waals surface area contributed by atoms with Crippen LogP contribution in [-0.2, 0) is 64.9 Å². The summed E-state index contributed by atoms with van der Waals surface area (Å²) in [4.78, 5) is 20.9. The van der Waals surface area contributed by atoms with E-state index in [-0.39, 0.29) is 11.9 Å². The monoisotopic (exact) mass is 676 g/mol. The summed E-state index contributed by atoms with van der Waals surface area (Å²) in [6.45, 7) is 2.92. The van der Waals surface area contributed by atoms with Gasteiger partial charge in [0.2, 0.25) is 0 Å². The van der Waals surface area contributed by atoms with Crippen molar-refractivity contribution in [3.63, 3.8) is 0 Å². The van der Waals surface area contributed by atoms with E-state index in [0.717, 1.165) is 0 Å². The van der Waals surface area contributed by atoms with Crippen LogP contribution in [0.3, 0.4) is 0 Å². The van der Waals surface area contributed by atoms with Crippen molar-refractivity contribution in [2.24, 2.45) is 0 Å². The molecule has 0 amide bonds. The molecule has 0 N–H and O–H groups in total. The SMILES string of the molecule is CC(=O)[O][Hg][c]1ccccc1.CC(=O)[O][Hg][c]1ccccc1. The van der Waals surface area contributed by atoms with E-state index in [2.05, 4.69) is 0 Å². The van der Waals surface area contributed by atoms with Crippen molar-refractivity contribution >= 4 is 18.1 Å². The Morgan fingerprint density at radius 1 is 0.682 bits per heavy atom. The van der Waals surface area contributed by atoms with Crippen molar-refractivity contribution in [2.45, 2.75) is 13.8 Å². The van der Waals surface area contributed by atoms with Crippen molar-refractivity contribution in [3.8, 4) is 0 Å². The van der Waals surface area contributed by atoms with Gasteiger partial charge in [0.15, 0.2) is 0 Å². The molecular weight excluding hydrogens is 657 g/mol. The molecule has 0 unspecified atom stereocenters. The van der Waals surface area contributed by atoms with E-state index in [9.17, 15) is 9.59 Å². The average Bonchev–Trinajstić information content (AvgIpc) is 2.53. The summed E-state index contributed by atoms with van der Waals surface area (Å²) in [7, 11) is 0. The van der Waals surface area contributed by atoms with E-state index in [1.54, 1.807) is 0 Å². The minimum atomic E-state index is -1.52.